The molecule has 0 amide bonds. The highest BCUT2D eigenvalue weighted by molar-refractivity contribution is 5.91. The summed E-state index contributed by atoms with van der Waals surface area (Å²) in [7, 11) is 0. The quantitative estimate of drug-likeness (QED) is 0.673. The highest BCUT2D eigenvalue weighted by atomic mass is 16.6. The van der Waals surface area contributed by atoms with Crippen LogP contribution in [0.1, 0.15) is 37.7 Å². The number of ketones is 1. The molecule has 1 saturated carbocycles. The van der Waals surface area contributed by atoms with Crippen LogP contribution in [0.25, 0.3) is 0 Å². The number of nitro groups is 1. The lowest BCUT2D eigenvalue weighted by Crippen LogP contribution is -2.30. The van der Waals surface area contributed by atoms with Crippen LogP contribution in [0, 0.1) is 15.5 Å². The number of carboxylic acids is 1. The predicted molar refractivity (Wildman–Crippen MR) is 70.4 cm³/mol. The fraction of sp³-hybridized carbons (Fsp3) is 0.429. The van der Waals surface area contributed by atoms with Crippen LogP contribution in [-0.4, -0.2) is 21.8 Å². The first-order valence-electron chi connectivity index (χ1n) is 6.34. The van der Waals surface area contributed by atoms with Crippen LogP contribution in [0.4, 0.5) is 5.69 Å². The number of non-ortho nitro benzene ring substituents is 1. The summed E-state index contributed by atoms with van der Waals surface area (Å²) in [5.41, 5.74) is -0.162. The summed E-state index contributed by atoms with van der Waals surface area (Å²) in [4.78, 5) is 33.1. The fourth-order valence-corrected chi connectivity index (χ4v) is 2.97. The Morgan fingerprint density at radius 1 is 1.45 bits per heavy atom. The maximum atomic E-state index is 12.0. The van der Waals surface area contributed by atoms with E-state index >= 15 is 0 Å². The largest absolute Gasteiger partial charge is 0.481 e. The summed E-state index contributed by atoms with van der Waals surface area (Å²) in [6.45, 7) is 1.67. The van der Waals surface area contributed by atoms with Crippen molar-refractivity contribution in [1.29, 1.82) is 0 Å². The van der Waals surface area contributed by atoms with Crippen LogP contribution in [0.3, 0.4) is 0 Å². The van der Waals surface area contributed by atoms with Crippen molar-refractivity contribution in [3.05, 3.63) is 39.9 Å². The third-order valence-corrected chi connectivity index (χ3v) is 4.09. The molecule has 6 heteroatoms. The van der Waals surface area contributed by atoms with E-state index < -0.39 is 16.3 Å². The molecule has 2 rings (SSSR count). The molecule has 1 aliphatic rings. The Morgan fingerprint density at radius 3 is 2.55 bits per heavy atom. The molecule has 0 saturated heterocycles. The molecule has 2 unspecified atom stereocenters. The number of rotatable bonds is 4. The minimum absolute atomic E-state index is 0.0157. The average Bonchev–Trinajstić information content (AvgIpc) is 2.65. The molecule has 1 aromatic rings. The van der Waals surface area contributed by atoms with Gasteiger partial charge in [0.15, 0.2) is 0 Å². The second kappa shape index (κ2) is 5.03. The monoisotopic (exact) mass is 277 g/mol. The van der Waals surface area contributed by atoms with Gasteiger partial charge in [-0.15, -0.1) is 0 Å². The smallest absolute Gasteiger partial charge is 0.304 e. The Morgan fingerprint density at radius 2 is 2.05 bits per heavy atom. The van der Waals surface area contributed by atoms with Crippen molar-refractivity contribution >= 4 is 17.4 Å². The molecule has 0 radical (unpaired) electrons. The Balaban J connectivity index is 2.33. The first kappa shape index (κ1) is 14.2. The van der Waals surface area contributed by atoms with Crippen molar-refractivity contribution in [2.75, 3.05) is 0 Å². The molecule has 0 heterocycles. The normalized spacial score (nSPS) is 25.6. The van der Waals surface area contributed by atoms with Gasteiger partial charge in [-0.3, -0.25) is 19.7 Å². The van der Waals surface area contributed by atoms with Crippen LogP contribution < -0.4 is 0 Å². The van der Waals surface area contributed by atoms with E-state index in [9.17, 15) is 19.7 Å². The number of carboxylic acid groups (broad SMARTS) is 1. The third-order valence-electron chi connectivity index (χ3n) is 4.09. The molecule has 1 N–H and O–H groups in total. The first-order chi connectivity index (χ1) is 9.34. The van der Waals surface area contributed by atoms with Crippen LogP contribution in [-0.2, 0) is 9.59 Å². The Hall–Kier alpha value is -2.24. The molecule has 6 nitrogen and oxygen atoms in total. The number of Topliss-reactive ketones (excluding diaryl/α,β-unsaturated/α-hetero) is 1. The SMILES string of the molecule is CC1(CC(=O)O)C(=O)CCC1c1ccc([N+](=O)[O-])cc1. The summed E-state index contributed by atoms with van der Waals surface area (Å²) in [5, 5.41) is 19.6. The molecule has 0 aromatic heterocycles. The van der Waals surface area contributed by atoms with Gasteiger partial charge in [-0.05, 0) is 17.9 Å². The van der Waals surface area contributed by atoms with E-state index in [4.69, 9.17) is 5.11 Å². The summed E-state index contributed by atoms with van der Waals surface area (Å²) in [5.74, 6) is -1.26. The molecule has 1 fully saturated rings. The highest BCUT2D eigenvalue weighted by Gasteiger charge is 2.47. The second-order valence-electron chi connectivity index (χ2n) is 5.35. The van der Waals surface area contributed by atoms with Crippen molar-refractivity contribution in [3.63, 3.8) is 0 Å². The fourth-order valence-electron chi connectivity index (χ4n) is 2.97. The number of carbonyl (C=O) groups excluding carboxylic acids is 1. The van der Waals surface area contributed by atoms with Crippen LogP contribution in [0.15, 0.2) is 24.3 Å². The van der Waals surface area contributed by atoms with Crippen LogP contribution >= 0.6 is 0 Å². The topological polar surface area (TPSA) is 97.5 Å². The van der Waals surface area contributed by atoms with Crippen molar-refractivity contribution in [1.82, 2.24) is 0 Å². The van der Waals surface area contributed by atoms with Gasteiger partial charge in [-0.25, -0.2) is 0 Å². The van der Waals surface area contributed by atoms with E-state index in [1.54, 1.807) is 19.1 Å². The summed E-state index contributed by atoms with van der Waals surface area (Å²) < 4.78 is 0. The zero-order valence-corrected chi connectivity index (χ0v) is 11.0. The first-order valence-corrected chi connectivity index (χ1v) is 6.34. The number of aliphatic carboxylic acids is 1. The Bertz CT molecular complexity index is 565. The zero-order chi connectivity index (χ0) is 14.9. The van der Waals surface area contributed by atoms with E-state index in [0.717, 1.165) is 5.56 Å². The molecule has 0 aliphatic heterocycles. The van der Waals surface area contributed by atoms with Gasteiger partial charge in [0.2, 0.25) is 0 Å². The standard InChI is InChI=1S/C14H15NO5/c1-14(8-13(17)18)11(6-7-12(14)16)9-2-4-10(5-3-9)15(19)20/h2-5,11H,6-8H2,1H3,(H,17,18). The van der Waals surface area contributed by atoms with E-state index in [0.29, 0.717) is 12.8 Å². The van der Waals surface area contributed by atoms with Crippen molar-refractivity contribution in [3.8, 4) is 0 Å². The minimum Gasteiger partial charge on any atom is -0.481 e. The average molecular weight is 277 g/mol. The molecule has 2 atom stereocenters. The molecule has 0 bridgehead atoms. The van der Waals surface area contributed by atoms with Crippen molar-refractivity contribution in [2.24, 2.45) is 5.41 Å². The third kappa shape index (κ3) is 2.41. The van der Waals surface area contributed by atoms with Gasteiger partial charge >= 0.3 is 5.97 Å². The molecule has 0 spiro atoms. The van der Waals surface area contributed by atoms with Gasteiger partial charge in [0, 0.05) is 24.0 Å². The van der Waals surface area contributed by atoms with E-state index in [1.165, 1.54) is 12.1 Å². The lowest BCUT2D eigenvalue weighted by atomic mass is 9.73. The van der Waals surface area contributed by atoms with Crippen molar-refractivity contribution in [2.45, 2.75) is 32.1 Å². The van der Waals surface area contributed by atoms with Gasteiger partial charge in [0.1, 0.15) is 5.78 Å². The van der Waals surface area contributed by atoms with E-state index in [2.05, 4.69) is 0 Å². The highest BCUT2D eigenvalue weighted by Crippen LogP contribution is 2.49. The lowest BCUT2D eigenvalue weighted by molar-refractivity contribution is -0.384. The maximum absolute atomic E-state index is 12.0. The minimum atomic E-state index is -1.00. The zero-order valence-electron chi connectivity index (χ0n) is 11.0. The van der Waals surface area contributed by atoms with Gasteiger partial charge in [0.05, 0.1) is 11.3 Å². The van der Waals surface area contributed by atoms with Gasteiger partial charge < -0.3 is 5.11 Å². The van der Waals surface area contributed by atoms with Crippen LogP contribution in [0.5, 0.6) is 0 Å². The second-order valence-corrected chi connectivity index (χ2v) is 5.35. The molecule has 1 aliphatic carbocycles. The molecule has 106 valence electrons. The number of benzene rings is 1. The lowest BCUT2D eigenvalue weighted by Gasteiger charge is -2.28. The number of carbonyl (C=O) groups is 2. The Kier molecular flexibility index (Phi) is 3.57. The van der Waals surface area contributed by atoms with Crippen LogP contribution in [0.2, 0.25) is 0 Å². The Labute approximate surface area is 115 Å². The van der Waals surface area contributed by atoms with E-state index in [1.807, 2.05) is 0 Å². The van der Waals surface area contributed by atoms with E-state index in [-0.39, 0.29) is 23.8 Å². The summed E-state index contributed by atoms with van der Waals surface area (Å²) in [6, 6.07) is 6.00. The molecular weight excluding hydrogens is 262 g/mol. The summed E-state index contributed by atoms with van der Waals surface area (Å²) in [6.07, 6.45) is 0.722. The molecular formula is C14H15NO5. The molecule has 1 aromatic carbocycles. The van der Waals surface area contributed by atoms with Crippen molar-refractivity contribution < 1.29 is 19.6 Å². The van der Waals surface area contributed by atoms with Gasteiger partial charge in [0.25, 0.3) is 5.69 Å². The number of hydrogen-bond acceptors (Lipinski definition) is 4. The van der Waals surface area contributed by atoms with Gasteiger partial charge in [-0.1, -0.05) is 19.1 Å². The molecule has 20 heavy (non-hydrogen) atoms. The number of nitrogens with zero attached hydrogens (tertiary/aromatic N) is 1. The maximum Gasteiger partial charge on any atom is 0.304 e. The summed E-state index contributed by atoms with van der Waals surface area (Å²) >= 11 is 0. The van der Waals surface area contributed by atoms with Gasteiger partial charge in [-0.2, -0.15) is 0 Å². The predicted octanol–water partition coefficient (Wildman–Crippen LogP) is 2.52. The number of hydrogen-bond donors (Lipinski definition) is 1. The number of nitro benzene ring substituents is 1.